The lowest BCUT2D eigenvalue weighted by molar-refractivity contribution is -0.148. The Balaban J connectivity index is 4.24. The zero-order chi connectivity index (χ0) is 10.5. The lowest BCUT2D eigenvalue weighted by Crippen LogP contribution is -2.33. The Kier molecular flexibility index (Phi) is 4.62. The van der Waals surface area contributed by atoms with E-state index in [0.29, 0.717) is 12.7 Å². The monoisotopic (exact) mass is 188 g/mol. The highest BCUT2D eigenvalue weighted by molar-refractivity contribution is 5.73. The Morgan fingerprint density at radius 3 is 2.38 bits per heavy atom. The van der Waals surface area contributed by atoms with E-state index < -0.39 is 5.60 Å². The molecule has 4 nitrogen and oxygen atoms in total. The maximum atomic E-state index is 11.0. The quantitative estimate of drug-likeness (QED) is 0.473. The molecule has 76 valence electrons. The summed E-state index contributed by atoms with van der Waals surface area (Å²) in [6.45, 7) is 3.34. The van der Waals surface area contributed by atoms with E-state index in [1.165, 1.54) is 14.2 Å². The molecule has 0 aromatic carbocycles. The number of rotatable bonds is 5. The zero-order valence-electron chi connectivity index (χ0n) is 8.49. The average Bonchev–Trinajstić information content (AvgIpc) is 2.16. The van der Waals surface area contributed by atoms with E-state index in [1.807, 2.05) is 0 Å². The second-order valence-electron chi connectivity index (χ2n) is 3.26. The van der Waals surface area contributed by atoms with E-state index in [9.17, 15) is 9.59 Å². The Morgan fingerprint density at radius 2 is 2.08 bits per heavy atom. The number of ether oxygens (including phenoxy) is 2. The minimum absolute atomic E-state index is 0.329. The molecule has 0 heterocycles. The molecule has 0 fully saturated rings. The van der Waals surface area contributed by atoms with Gasteiger partial charge in [-0.3, -0.25) is 4.79 Å². The van der Waals surface area contributed by atoms with Gasteiger partial charge in [0.25, 0.3) is 0 Å². The van der Waals surface area contributed by atoms with E-state index in [2.05, 4.69) is 4.74 Å². The summed E-state index contributed by atoms with van der Waals surface area (Å²) in [5.74, 6) is -0.662. The Bertz CT molecular complexity index is 190. The van der Waals surface area contributed by atoms with Crippen LogP contribution in [-0.4, -0.2) is 32.1 Å². The van der Waals surface area contributed by atoms with Crippen LogP contribution in [0.5, 0.6) is 0 Å². The van der Waals surface area contributed by atoms with Crippen LogP contribution < -0.4 is 0 Å². The molecule has 0 spiro atoms. The predicted molar refractivity (Wildman–Crippen MR) is 47.3 cm³/mol. The minimum Gasteiger partial charge on any atom is -0.469 e. The van der Waals surface area contributed by atoms with Crippen LogP contribution in [0, 0.1) is 5.92 Å². The van der Waals surface area contributed by atoms with Gasteiger partial charge in [0.05, 0.1) is 13.0 Å². The van der Waals surface area contributed by atoms with Crippen LogP contribution in [0.3, 0.4) is 0 Å². The lowest BCUT2D eigenvalue weighted by Gasteiger charge is -2.23. The van der Waals surface area contributed by atoms with Gasteiger partial charge < -0.3 is 14.3 Å². The van der Waals surface area contributed by atoms with E-state index in [0.717, 1.165) is 0 Å². The molecule has 0 aliphatic rings. The summed E-state index contributed by atoms with van der Waals surface area (Å²) in [5.41, 5.74) is -0.895. The first kappa shape index (κ1) is 12.1. The van der Waals surface area contributed by atoms with Gasteiger partial charge in [-0.25, -0.2) is 0 Å². The smallest absolute Gasteiger partial charge is 0.308 e. The highest BCUT2D eigenvalue weighted by Crippen LogP contribution is 2.18. The molecule has 0 aromatic rings. The molecule has 0 aromatic heterocycles. The van der Waals surface area contributed by atoms with Gasteiger partial charge in [-0.15, -0.1) is 0 Å². The third-order valence-corrected chi connectivity index (χ3v) is 2.03. The number of carbonyl (C=O) groups is 2. The van der Waals surface area contributed by atoms with Crippen molar-refractivity contribution in [3.8, 4) is 0 Å². The normalized spacial score (nSPS) is 17.2. The maximum Gasteiger partial charge on any atom is 0.308 e. The molecule has 0 unspecified atom stereocenters. The largest absolute Gasteiger partial charge is 0.469 e. The van der Waals surface area contributed by atoms with Gasteiger partial charge in [-0.05, 0) is 13.3 Å². The summed E-state index contributed by atoms with van der Waals surface area (Å²) >= 11 is 0. The highest BCUT2D eigenvalue weighted by Gasteiger charge is 2.29. The minimum atomic E-state index is -0.895. The molecule has 0 N–H and O–H groups in total. The van der Waals surface area contributed by atoms with E-state index in [4.69, 9.17) is 4.74 Å². The third kappa shape index (κ3) is 3.55. The van der Waals surface area contributed by atoms with Crippen molar-refractivity contribution in [3.63, 3.8) is 0 Å². The van der Waals surface area contributed by atoms with Crippen molar-refractivity contribution in [1.29, 1.82) is 0 Å². The van der Waals surface area contributed by atoms with Crippen LogP contribution in [-0.2, 0) is 19.1 Å². The number of methoxy groups -OCH3 is 2. The third-order valence-electron chi connectivity index (χ3n) is 2.03. The molecule has 4 heteroatoms. The molecular weight excluding hydrogens is 172 g/mol. The molecule has 0 saturated heterocycles. The number of carbonyl (C=O) groups excluding carboxylic acids is 2. The highest BCUT2D eigenvalue weighted by atomic mass is 16.5. The summed E-state index contributed by atoms with van der Waals surface area (Å²) in [6, 6.07) is 0. The van der Waals surface area contributed by atoms with Crippen molar-refractivity contribution >= 4 is 12.3 Å². The first-order chi connectivity index (χ1) is 5.99. The van der Waals surface area contributed by atoms with Crippen LogP contribution in [0.4, 0.5) is 0 Å². The van der Waals surface area contributed by atoms with Crippen molar-refractivity contribution in [1.82, 2.24) is 0 Å². The zero-order valence-corrected chi connectivity index (χ0v) is 8.49. The standard InChI is InChI=1S/C9H16O4/c1-7(8(11)12-3)5-9(2,6-10)13-4/h6-7H,5H2,1-4H3/t7-,9-/m1/s1. The van der Waals surface area contributed by atoms with Crippen LogP contribution in [0.1, 0.15) is 20.3 Å². The van der Waals surface area contributed by atoms with E-state index in [-0.39, 0.29) is 11.9 Å². The molecule has 2 atom stereocenters. The number of hydrogen-bond acceptors (Lipinski definition) is 4. The maximum absolute atomic E-state index is 11.0. The number of esters is 1. The van der Waals surface area contributed by atoms with Gasteiger partial charge in [0.2, 0.25) is 0 Å². The van der Waals surface area contributed by atoms with Gasteiger partial charge in [-0.1, -0.05) is 6.92 Å². The van der Waals surface area contributed by atoms with E-state index >= 15 is 0 Å². The molecule has 13 heavy (non-hydrogen) atoms. The van der Waals surface area contributed by atoms with Gasteiger partial charge in [-0.2, -0.15) is 0 Å². The van der Waals surface area contributed by atoms with Crippen LogP contribution in [0.2, 0.25) is 0 Å². The summed E-state index contributed by atoms with van der Waals surface area (Å²) in [5, 5.41) is 0. The molecule has 0 aliphatic heterocycles. The van der Waals surface area contributed by atoms with Gasteiger partial charge in [0.1, 0.15) is 5.60 Å². The lowest BCUT2D eigenvalue weighted by atomic mass is 9.94. The van der Waals surface area contributed by atoms with Crippen molar-refractivity contribution in [3.05, 3.63) is 0 Å². The summed E-state index contributed by atoms with van der Waals surface area (Å²) < 4.78 is 9.51. The van der Waals surface area contributed by atoms with Crippen molar-refractivity contribution in [2.24, 2.45) is 5.92 Å². The fraction of sp³-hybridized carbons (Fsp3) is 0.778. The predicted octanol–water partition coefficient (Wildman–Crippen LogP) is 0.790. The topological polar surface area (TPSA) is 52.6 Å². The Hall–Kier alpha value is -0.900. The number of hydrogen-bond donors (Lipinski definition) is 0. The summed E-state index contributed by atoms with van der Waals surface area (Å²) in [4.78, 5) is 21.7. The van der Waals surface area contributed by atoms with Crippen molar-refractivity contribution in [2.45, 2.75) is 25.9 Å². The molecule has 0 saturated carbocycles. The molecule has 0 bridgehead atoms. The van der Waals surface area contributed by atoms with Crippen LogP contribution in [0.15, 0.2) is 0 Å². The SMILES string of the molecule is COC(=O)[C@H](C)C[C@](C)(C=O)OC. The second-order valence-corrected chi connectivity index (χ2v) is 3.26. The molecule has 0 amide bonds. The second kappa shape index (κ2) is 4.97. The molecular formula is C9H16O4. The fourth-order valence-corrected chi connectivity index (χ4v) is 1.07. The van der Waals surface area contributed by atoms with Gasteiger partial charge in [0, 0.05) is 7.11 Å². The summed E-state index contributed by atoms with van der Waals surface area (Å²) in [7, 11) is 2.77. The van der Waals surface area contributed by atoms with E-state index in [1.54, 1.807) is 13.8 Å². The fourth-order valence-electron chi connectivity index (χ4n) is 1.07. The average molecular weight is 188 g/mol. The van der Waals surface area contributed by atoms with Crippen molar-refractivity contribution in [2.75, 3.05) is 14.2 Å². The first-order valence-corrected chi connectivity index (χ1v) is 4.08. The first-order valence-electron chi connectivity index (χ1n) is 4.08. The van der Waals surface area contributed by atoms with Gasteiger partial charge in [0.15, 0.2) is 6.29 Å². The van der Waals surface area contributed by atoms with Crippen LogP contribution in [0.25, 0.3) is 0 Å². The molecule has 0 rings (SSSR count). The number of aldehydes is 1. The summed E-state index contributed by atoms with van der Waals surface area (Å²) in [6.07, 6.45) is 1.03. The van der Waals surface area contributed by atoms with Crippen molar-refractivity contribution < 1.29 is 19.1 Å². The molecule has 0 aliphatic carbocycles. The van der Waals surface area contributed by atoms with Gasteiger partial charge >= 0.3 is 5.97 Å². The molecule has 0 radical (unpaired) electrons. The Labute approximate surface area is 78.2 Å². The van der Waals surface area contributed by atoms with Crippen LogP contribution >= 0.6 is 0 Å². The Morgan fingerprint density at radius 1 is 1.54 bits per heavy atom.